The van der Waals surface area contributed by atoms with E-state index in [1.54, 1.807) is 0 Å². The summed E-state index contributed by atoms with van der Waals surface area (Å²) in [4.78, 5) is 12.0. The minimum Gasteiger partial charge on any atom is -0.486 e. The second kappa shape index (κ2) is 4.43. The Bertz CT molecular complexity index is 666. The molecule has 0 spiro atoms. The van der Waals surface area contributed by atoms with Crippen molar-refractivity contribution in [1.29, 1.82) is 0 Å². The Balaban J connectivity index is 1.58. The monoisotopic (exact) mass is 314 g/mol. The first kappa shape index (κ1) is 13.7. The van der Waals surface area contributed by atoms with E-state index in [-0.39, 0.29) is 5.41 Å². The first-order valence-electron chi connectivity index (χ1n) is 8.72. The van der Waals surface area contributed by atoms with Crippen LogP contribution in [0.1, 0.15) is 44.1 Å². The number of ether oxygens (including phenoxy) is 2. The van der Waals surface area contributed by atoms with Crippen molar-refractivity contribution < 1.29 is 19.4 Å². The summed E-state index contributed by atoms with van der Waals surface area (Å²) >= 11 is 0. The van der Waals surface area contributed by atoms with Crippen LogP contribution in [0.3, 0.4) is 0 Å². The van der Waals surface area contributed by atoms with Crippen LogP contribution in [0.5, 0.6) is 11.5 Å². The molecule has 5 aliphatic rings. The SMILES string of the molecule is O=C(O)C12CC3CC(C1)CC(c1ccc4c(c1)OCCO4)(C3)C2. The number of aliphatic carboxylic acids is 1. The second-order valence-electron chi connectivity index (χ2n) is 8.19. The van der Waals surface area contributed by atoms with Crippen LogP contribution in [0.15, 0.2) is 18.2 Å². The summed E-state index contributed by atoms with van der Waals surface area (Å²) in [6, 6.07) is 6.28. The number of carbonyl (C=O) groups is 1. The molecule has 6 rings (SSSR count). The molecule has 0 amide bonds. The molecule has 0 saturated heterocycles. The molecule has 4 heteroatoms. The van der Waals surface area contributed by atoms with Gasteiger partial charge in [0.2, 0.25) is 0 Å². The van der Waals surface area contributed by atoms with Gasteiger partial charge in [-0.15, -0.1) is 0 Å². The number of hydrogen-bond donors (Lipinski definition) is 1. The van der Waals surface area contributed by atoms with E-state index in [4.69, 9.17) is 9.47 Å². The van der Waals surface area contributed by atoms with Crippen molar-refractivity contribution in [3.8, 4) is 11.5 Å². The molecule has 2 unspecified atom stereocenters. The molecule has 1 N–H and O–H groups in total. The molecule has 2 atom stereocenters. The maximum Gasteiger partial charge on any atom is 0.309 e. The Morgan fingerprint density at radius 3 is 2.43 bits per heavy atom. The zero-order valence-electron chi connectivity index (χ0n) is 13.2. The summed E-state index contributed by atoms with van der Waals surface area (Å²) in [7, 11) is 0. The van der Waals surface area contributed by atoms with Crippen LogP contribution in [-0.2, 0) is 10.2 Å². The van der Waals surface area contributed by atoms with Crippen molar-refractivity contribution >= 4 is 5.97 Å². The maximum atomic E-state index is 12.0. The van der Waals surface area contributed by atoms with E-state index in [9.17, 15) is 9.90 Å². The highest BCUT2D eigenvalue weighted by Gasteiger charge is 2.61. The Morgan fingerprint density at radius 1 is 1.04 bits per heavy atom. The van der Waals surface area contributed by atoms with Gasteiger partial charge in [-0.2, -0.15) is 0 Å². The summed E-state index contributed by atoms with van der Waals surface area (Å²) in [5.74, 6) is 2.21. The highest BCUT2D eigenvalue weighted by molar-refractivity contribution is 5.76. The molecular weight excluding hydrogens is 292 g/mol. The minimum absolute atomic E-state index is 0.0261. The lowest BCUT2D eigenvalue weighted by atomic mass is 9.43. The van der Waals surface area contributed by atoms with Gasteiger partial charge in [0, 0.05) is 0 Å². The zero-order chi connectivity index (χ0) is 15.7. The van der Waals surface area contributed by atoms with Crippen molar-refractivity contribution in [3.63, 3.8) is 0 Å². The molecule has 23 heavy (non-hydrogen) atoms. The van der Waals surface area contributed by atoms with E-state index in [1.807, 2.05) is 6.07 Å². The molecule has 4 aliphatic carbocycles. The lowest BCUT2D eigenvalue weighted by molar-refractivity contribution is -0.167. The van der Waals surface area contributed by atoms with Gasteiger partial charge in [0.05, 0.1) is 5.41 Å². The van der Waals surface area contributed by atoms with E-state index in [1.165, 1.54) is 12.0 Å². The molecule has 4 fully saturated rings. The van der Waals surface area contributed by atoms with Crippen LogP contribution in [0.2, 0.25) is 0 Å². The first-order chi connectivity index (χ1) is 11.1. The van der Waals surface area contributed by atoms with Gasteiger partial charge in [-0.25, -0.2) is 0 Å². The fraction of sp³-hybridized carbons (Fsp3) is 0.632. The summed E-state index contributed by atoms with van der Waals surface area (Å²) in [5, 5.41) is 9.89. The standard InChI is InChI=1S/C19H22O4/c20-17(21)19-9-12-5-13(10-19)8-18(7-12,11-19)14-1-2-15-16(6-14)23-4-3-22-15/h1-2,6,12-13H,3-5,7-11H2,(H,20,21). The van der Waals surface area contributed by atoms with E-state index >= 15 is 0 Å². The molecule has 4 saturated carbocycles. The van der Waals surface area contributed by atoms with Crippen molar-refractivity contribution in [2.24, 2.45) is 17.3 Å². The minimum atomic E-state index is -0.575. The maximum absolute atomic E-state index is 12.0. The zero-order valence-corrected chi connectivity index (χ0v) is 13.2. The van der Waals surface area contributed by atoms with Crippen molar-refractivity contribution in [2.45, 2.75) is 43.9 Å². The van der Waals surface area contributed by atoms with Gasteiger partial charge in [-0.3, -0.25) is 4.79 Å². The number of carboxylic acids is 1. The summed E-state index contributed by atoms with van der Waals surface area (Å²) < 4.78 is 11.4. The van der Waals surface area contributed by atoms with Gasteiger partial charge in [0.15, 0.2) is 11.5 Å². The van der Waals surface area contributed by atoms with Gasteiger partial charge in [0.25, 0.3) is 0 Å². The smallest absolute Gasteiger partial charge is 0.309 e. The third-order valence-electron chi connectivity index (χ3n) is 6.67. The average molecular weight is 314 g/mol. The number of rotatable bonds is 2. The predicted molar refractivity (Wildman–Crippen MR) is 83.9 cm³/mol. The van der Waals surface area contributed by atoms with Gasteiger partial charge in [-0.1, -0.05) is 6.07 Å². The van der Waals surface area contributed by atoms with Gasteiger partial charge < -0.3 is 14.6 Å². The van der Waals surface area contributed by atoms with Crippen molar-refractivity contribution in [3.05, 3.63) is 23.8 Å². The Kier molecular flexibility index (Phi) is 2.64. The summed E-state index contributed by atoms with van der Waals surface area (Å²) in [6.07, 6.45) is 6.05. The topological polar surface area (TPSA) is 55.8 Å². The van der Waals surface area contributed by atoms with Gasteiger partial charge in [0.1, 0.15) is 13.2 Å². The molecule has 4 nitrogen and oxygen atoms in total. The molecule has 0 radical (unpaired) electrons. The second-order valence-corrected chi connectivity index (χ2v) is 8.19. The molecule has 122 valence electrons. The van der Waals surface area contributed by atoms with E-state index in [2.05, 4.69) is 12.1 Å². The van der Waals surface area contributed by atoms with Crippen LogP contribution in [0.4, 0.5) is 0 Å². The first-order valence-corrected chi connectivity index (χ1v) is 8.72. The largest absolute Gasteiger partial charge is 0.486 e. The molecule has 1 aromatic rings. The predicted octanol–water partition coefficient (Wildman–Crippen LogP) is 3.38. The molecule has 0 aromatic heterocycles. The molecular formula is C19H22O4. The Hall–Kier alpha value is -1.71. The lowest BCUT2D eigenvalue weighted by Gasteiger charge is -2.60. The highest BCUT2D eigenvalue weighted by Crippen LogP contribution is 2.66. The average Bonchev–Trinajstić information content (AvgIpc) is 2.53. The van der Waals surface area contributed by atoms with E-state index < -0.39 is 11.4 Å². The van der Waals surface area contributed by atoms with Crippen molar-refractivity contribution in [1.82, 2.24) is 0 Å². The van der Waals surface area contributed by atoms with E-state index in [0.717, 1.165) is 43.6 Å². The van der Waals surface area contributed by atoms with Crippen molar-refractivity contribution in [2.75, 3.05) is 13.2 Å². The number of carboxylic acid groups (broad SMARTS) is 1. The number of benzene rings is 1. The van der Waals surface area contributed by atoms with Crippen LogP contribution >= 0.6 is 0 Å². The summed E-state index contributed by atoms with van der Waals surface area (Å²) in [6.45, 7) is 1.19. The Morgan fingerprint density at radius 2 is 1.74 bits per heavy atom. The molecule has 1 heterocycles. The quantitative estimate of drug-likeness (QED) is 0.909. The summed E-state index contributed by atoms with van der Waals surface area (Å²) in [5.41, 5.74) is 0.803. The highest BCUT2D eigenvalue weighted by atomic mass is 16.6. The normalized spacial score (nSPS) is 40.2. The Labute approximate surface area is 135 Å². The number of fused-ring (bicyclic) bond motifs is 1. The molecule has 1 aromatic carbocycles. The lowest BCUT2D eigenvalue weighted by Crippen LogP contribution is -2.56. The van der Waals surface area contributed by atoms with Crippen LogP contribution in [-0.4, -0.2) is 24.3 Å². The fourth-order valence-corrected chi connectivity index (χ4v) is 6.22. The number of hydrogen-bond acceptors (Lipinski definition) is 3. The van der Waals surface area contributed by atoms with Gasteiger partial charge in [-0.05, 0) is 73.5 Å². The van der Waals surface area contributed by atoms with Crippen LogP contribution in [0.25, 0.3) is 0 Å². The van der Waals surface area contributed by atoms with E-state index in [0.29, 0.717) is 25.0 Å². The molecule has 1 aliphatic heterocycles. The fourth-order valence-electron chi connectivity index (χ4n) is 6.22. The molecule has 4 bridgehead atoms. The van der Waals surface area contributed by atoms with Gasteiger partial charge >= 0.3 is 5.97 Å². The third kappa shape index (κ3) is 1.87. The third-order valence-corrected chi connectivity index (χ3v) is 6.67. The van der Waals surface area contributed by atoms with Crippen LogP contribution in [0, 0.1) is 17.3 Å². The van der Waals surface area contributed by atoms with Crippen LogP contribution < -0.4 is 9.47 Å².